The van der Waals surface area contributed by atoms with Crippen LogP contribution >= 0.6 is 0 Å². The van der Waals surface area contributed by atoms with E-state index in [1.165, 1.54) is 35.5 Å². The summed E-state index contributed by atoms with van der Waals surface area (Å²) in [6.45, 7) is 12.7. The summed E-state index contributed by atoms with van der Waals surface area (Å²) in [5.41, 5.74) is 4.55. The van der Waals surface area contributed by atoms with Crippen molar-refractivity contribution in [3.05, 3.63) is 81.4 Å². The number of nitro benzene ring substituents is 1. The number of non-ortho nitro benzene ring substituents is 1. The minimum absolute atomic E-state index is 0.0626. The summed E-state index contributed by atoms with van der Waals surface area (Å²) < 4.78 is 12.8. The lowest BCUT2D eigenvalue weighted by atomic mass is 10.0. The molecule has 4 rings (SSSR count). The molecule has 2 unspecified atom stereocenters. The van der Waals surface area contributed by atoms with Crippen LogP contribution < -0.4 is 4.74 Å². The first-order valence-electron chi connectivity index (χ1n) is 13.6. The number of aromatic nitrogens is 3. The van der Waals surface area contributed by atoms with Gasteiger partial charge in [0.05, 0.1) is 16.2 Å². The molecule has 39 heavy (non-hydrogen) atoms. The van der Waals surface area contributed by atoms with Crippen LogP contribution in [-0.2, 0) is 16.7 Å². The van der Waals surface area contributed by atoms with Gasteiger partial charge in [-0.05, 0) is 96.6 Å². The van der Waals surface area contributed by atoms with Gasteiger partial charge in [-0.1, -0.05) is 19.4 Å². The number of carbonyl (C=O) groups is 1. The van der Waals surface area contributed by atoms with Gasteiger partial charge < -0.3 is 9.47 Å². The van der Waals surface area contributed by atoms with Gasteiger partial charge >= 0.3 is 6.16 Å². The van der Waals surface area contributed by atoms with Crippen molar-refractivity contribution in [1.82, 2.24) is 14.8 Å². The maximum Gasteiger partial charge on any atom is 0.514 e. The Balaban J connectivity index is 0.000000449. The van der Waals surface area contributed by atoms with Gasteiger partial charge in [-0.2, -0.15) is 5.10 Å². The first-order valence-corrected chi connectivity index (χ1v) is 13.6. The normalized spacial score (nSPS) is 16.8. The molecule has 1 aromatic carbocycles. The predicted octanol–water partition coefficient (Wildman–Crippen LogP) is 7.44. The Labute approximate surface area is 230 Å². The summed E-state index contributed by atoms with van der Waals surface area (Å²) >= 11 is 0. The largest absolute Gasteiger partial charge is 0.514 e. The second-order valence-corrected chi connectivity index (χ2v) is 11.0. The highest BCUT2D eigenvalue weighted by Crippen LogP contribution is 2.37. The lowest BCUT2D eigenvalue weighted by molar-refractivity contribution is -0.384. The van der Waals surface area contributed by atoms with Crippen LogP contribution in [0.2, 0.25) is 0 Å². The molecule has 0 amide bonds. The highest BCUT2D eigenvalue weighted by Gasteiger charge is 2.32. The third-order valence-corrected chi connectivity index (χ3v) is 6.81. The zero-order valence-corrected chi connectivity index (χ0v) is 23.8. The van der Waals surface area contributed by atoms with Crippen molar-refractivity contribution >= 4 is 11.8 Å². The predicted molar refractivity (Wildman–Crippen MR) is 150 cm³/mol. The average molecular weight is 537 g/mol. The molecule has 0 spiro atoms. The molecule has 1 aliphatic rings. The second kappa shape index (κ2) is 13.4. The van der Waals surface area contributed by atoms with Crippen molar-refractivity contribution in [2.45, 2.75) is 97.6 Å². The molecule has 0 bridgehead atoms. The van der Waals surface area contributed by atoms with Gasteiger partial charge in [0.15, 0.2) is 0 Å². The molecule has 3 aromatic rings. The van der Waals surface area contributed by atoms with E-state index in [1.54, 1.807) is 0 Å². The van der Waals surface area contributed by atoms with E-state index in [4.69, 9.17) is 14.6 Å². The second-order valence-electron chi connectivity index (χ2n) is 11.0. The minimum atomic E-state index is -0.789. The summed E-state index contributed by atoms with van der Waals surface area (Å²) in [6.07, 6.45) is 6.45. The van der Waals surface area contributed by atoms with Crippen molar-refractivity contribution in [1.29, 1.82) is 0 Å². The zero-order valence-electron chi connectivity index (χ0n) is 23.8. The molecular weight excluding hydrogens is 496 g/mol. The van der Waals surface area contributed by atoms with Crippen molar-refractivity contribution in [3.8, 4) is 5.75 Å². The SMILES string of the molecule is CCCCc1cc(C2CCC(OC(=O)Oc3ccc([N+](=O)[O-])cc3)C2)nn1C(C)(C)C.Cc1cccnc1C. The Morgan fingerprint density at radius 3 is 2.44 bits per heavy atom. The van der Waals surface area contributed by atoms with Gasteiger partial charge in [-0.3, -0.25) is 19.8 Å². The first-order chi connectivity index (χ1) is 18.5. The van der Waals surface area contributed by atoms with Gasteiger partial charge in [-0.15, -0.1) is 0 Å². The van der Waals surface area contributed by atoms with Gasteiger partial charge in [-0.25, -0.2) is 4.79 Å². The van der Waals surface area contributed by atoms with Gasteiger partial charge in [0.1, 0.15) is 11.9 Å². The maximum absolute atomic E-state index is 12.1. The standard InChI is InChI=1S/C23H31N3O5.C7H9N/c1-5-6-7-18-15-21(24-25(18)23(2,3)4)16-8-11-20(14-16)31-22(27)30-19-12-9-17(10-13-19)26(28)29;1-6-4-3-5-8-7(6)2/h9-10,12-13,15-16,20H,5-8,11,14H2,1-4H3;3-5H,1-2H3. The zero-order chi connectivity index (χ0) is 28.6. The summed E-state index contributed by atoms with van der Waals surface area (Å²) in [7, 11) is 0. The fraction of sp³-hybridized carbons (Fsp3) is 0.500. The molecule has 0 N–H and O–H groups in total. The molecule has 2 aromatic heterocycles. The Morgan fingerprint density at radius 2 is 1.87 bits per heavy atom. The molecule has 0 saturated heterocycles. The highest BCUT2D eigenvalue weighted by molar-refractivity contribution is 5.64. The lowest BCUT2D eigenvalue weighted by Crippen LogP contribution is -2.25. The molecule has 1 saturated carbocycles. The van der Waals surface area contributed by atoms with E-state index < -0.39 is 11.1 Å². The van der Waals surface area contributed by atoms with E-state index in [0.717, 1.165) is 43.5 Å². The van der Waals surface area contributed by atoms with Crippen LogP contribution in [0.4, 0.5) is 10.5 Å². The third-order valence-electron chi connectivity index (χ3n) is 6.81. The van der Waals surface area contributed by atoms with Crippen molar-refractivity contribution in [2.24, 2.45) is 0 Å². The van der Waals surface area contributed by atoms with Crippen molar-refractivity contribution in [2.75, 3.05) is 0 Å². The van der Waals surface area contributed by atoms with Gasteiger partial charge in [0, 0.05) is 35.6 Å². The number of nitrogens with zero attached hydrogens (tertiary/aromatic N) is 4. The molecule has 9 heteroatoms. The van der Waals surface area contributed by atoms with Crippen LogP contribution in [0.3, 0.4) is 0 Å². The van der Waals surface area contributed by atoms with E-state index in [0.29, 0.717) is 6.42 Å². The molecule has 210 valence electrons. The summed E-state index contributed by atoms with van der Waals surface area (Å²) in [4.78, 5) is 26.4. The Hall–Kier alpha value is -3.75. The third kappa shape index (κ3) is 8.63. The van der Waals surface area contributed by atoms with Crippen molar-refractivity contribution in [3.63, 3.8) is 0 Å². The number of carbonyl (C=O) groups excluding carboxylic acids is 1. The molecule has 9 nitrogen and oxygen atoms in total. The Kier molecular flexibility index (Phi) is 10.2. The van der Waals surface area contributed by atoms with Crippen LogP contribution in [0.5, 0.6) is 5.75 Å². The number of ether oxygens (including phenoxy) is 2. The molecule has 0 aliphatic heterocycles. The number of nitro groups is 1. The fourth-order valence-electron chi connectivity index (χ4n) is 4.53. The van der Waals surface area contributed by atoms with Crippen LogP contribution in [-0.4, -0.2) is 31.9 Å². The highest BCUT2D eigenvalue weighted by atomic mass is 16.7. The number of hydrogen-bond donors (Lipinski definition) is 0. The number of rotatable bonds is 7. The molecule has 1 fully saturated rings. The van der Waals surface area contributed by atoms with E-state index >= 15 is 0 Å². The van der Waals surface area contributed by atoms with Crippen molar-refractivity contribution < 1.29 is 19.2 Å². The number of unbranched alkanes of at least 4 members (excludes halogenated alkanes) is 1. The smallest absolute Gasteiger partial charge is 0.431 e. The average Bonchev–Trinajstić information content (AvgIpc) is 3.52. The molecular formula is C30H40N4O5. The number of benzene rings is 1. The fourth-order valence-corrected chi connectivity index (χ4v) is 4.53. The summed E-state index contributed by atoms with van der Waals surface area (Å²) in [5, 5.41) is 15.6. The molecule has 1 aliphatic carbocycles. The first kappa shape index (κ1) is 29.8. The Morgan fingerprint density at radius 1 is 1.15 bits per heavy atom. The topological polar surface area (TPSA) is 109 Å². The molecule has 2 heterocycles. The molecule has 2 atom stereocenters. The number of aryl methyl sites for hydroxylation is 3. The van der Waals surface area contributed by atoms with E-state index in [2.05, 4.69) is 56.4 Å². The van der Waals surface area contributed by atoms with E-state index in [-0.39, 0.29) is 29.0 Å². The number of hydrogen-bond acceptors (Lipinski definition) is 7. The Bertz CT molecular complexity index is 1230. The maximum atomic E-state index is 12.1. The van der Waals surface area contributed by atoms with Gasteiger partial charge in [0.25, 0.3) is 5.69 Å². The van der Waals surface area contributed by atoms with Crippen LogP contribution in [0.1, 0.15) is 88.4 Å². The number of pyridine rings is 1. The van der Waals surface area contributed by atoms with Crippen LogP contribution in [0.25, 0.3) is 0 Å². The molecule has 0 radical (unpaired) electrons. The van der Waals surface area contributed by atoms with E-state index in [9.17, 15) is 14.9 Å². The monoisotopic (exact) mass is 536 g/mol. The minimum Gasteiger partial charge on any atom is -0.431 e. The van der Waals surface area contributed by atoms with Crippen LogP contribution in [0, 0.1) is 24.0 Å². The quantitative estimate of drug-likeness (QED) is 0.134. The summed E-state index contributed by atoms with van der Waals surface area (Å²) in [5.74, 6) is 0.468. The van der Waals surface area contributed by atoms with Gasteiger partial charge in [0.2, 0.25) is 0 Å². The van der Waals surface area contributed by atoms with Crippen LogP contribution in [0.15, 0.2) is 48.7 Å². The lowest BCUT2D eigenvalue weighted by Gasteiger charge is -2.22. The summed E-state index contributed by atoms with van der Waals surface area (Å²) in [6, 6.07) is 11.6. The van der Waals surface area contributed by atoms with E-state index in [1.807, 2.05) is 19.2 Å².